The van der Waals surface area contributed by atoms with Crippen LogP contribution in [0.5, 0.6) is 0 Å². The van der Waals surface area contributed by atoms with Crippen LogP contribution in [0.25, 0.3) is 16.9 Å². The highest BCUT2D eigenvalue weighted by atomic mass is 19.1. The summed E-state index contributed by atoms with van der Waals surface area (Å²) in [6.07, 6.45) is 3.25. The maximum atomic E-state index is 14.2. The van der Waals surface area contributed by atoms with Crippen molar-refractivity contribution in [3.8, 4) is 11.4 Å². The van der Waals surface area contributed by atoms with Crippen LogP contribution in [0.15, 0.2) is 30.6 Å². The minimum atomic E-state index is -0.397. The van der Waals surface area contributed by atoms with Crippen LogP contribution < -0.4 is 5.73 Å². The quantitative estimate of drug-likeness (QED) is 0.746. The molecule has 0 saturated heterocycles. The zero-order valence-electron chi connectivity index (χ0n) is 12.1. The first-order valence-corrected chi connectivity index (χ1v) is 6.63. The van der Waals surface area contributed by atoms with E-state index in [2.05, 4.69) is 35.8 Å². The second kappa shape index (κ2) is 4.51. The van der Waals surface area contributed by atoms with Gasteiger partial charge in [0.15, 0.2) is 5.82 Å². The van der Waals surface area contributed by atoms with Gasteiger partial charge < -0.3 is 5.73 Å². The number of pyridine rings is 1. The Morgan fingerprint density at radius 3 is 2.52 bits per heavy atom. The molecule has 0 unspecified atom stereocenters. The van der Waals surface area contributed by atoms with Gasteiger partial charge in [0, 0.05) is 12.3 Å². The molecule has 0 aliphatic heterocycles. The van der Waals surface area contributed by atoms with Crippen LogP contribution in [0.1, 0.15) is 26.3 Å². The molecular weight excluding hydrogens is 269 g/mol. The number of rotatable bonds is 1. The van der Waals surface area contributed by atoms with Gasteiger partial charge in [-0.3, -0.25) is 4.98 Å². The second-order valence-electron chi connectivity index (χ2n) is 5.98. The van der Waals surface area contributed by atoms with Crippen LogP contribution >= 0.6 is 0 Å². The molecule has 3 aromatic heterocycles. The third-order valence-corrected chi connectivity index (χ3v) is 3.36. The molecule has 0 aromatic carbocycles. The number of hydrogen-bond donors (Lipinski definition) is 1. The summed E-state index contributed by atoms with van der Waals surface area (Å²) in [5.74, 6) is -0.309. The zero-order chi connectivity index (χ0) is 15.2. The molecule has 0 aliphatic rings. The number of nitrogens with two attached hydrogens (primary N) is 1. The van der Waals surface area contributed by atoms with Gasteiger partial charge in [-0.05, 0) is 17.0 Å². The third-order valence-electron chi connectivity index (χ3n) is 3.36. The fourth-order valence-corrected chi connectivity index (χ4v) is 2.16. The highest BCUT2D eigenvalue weighted by Crippen LogP contribution is 2.27. The molecule has 0 aliphatic carbocycles. The standard InChI is InChI=1S/C15H16FN5/c1-15(2,3)9-4-5-12(18-7-9)13-11(16)6-10-8-19-14(17)20-21(10)13/h4-8H,1-3H3,(H2,17,20). The van der Waals surface area contributed by atoms with E-state index in [1.165, 1.54) is 16.8 Å². The van der Waals surface area contributed by atoms with Crippen molar-refractivity contribution < 1.29 is 4.39 Å². The Kier molecular flexibility index (Phi) is 2.90. The van der Waals surface area contributed by atoms with E-state index in [0.29, 0.717) is 16.9 Å². The number of fused-ring (bicyclic) bond motifs is 1. The molecule has 5 nitrogen and oxygen atoms in total. The highest BCUT2D eigenvalue weighted by Gasteiger charge is 2.18. The highest BCUT2D eigenvalue weighted by molar-refractivity contribution is 5.64. The lowest BCUT2D eigenvalue weighted by Crippen LogP contribution is -2.11. The Hall–Kier alpha value is -2.50. The van der Waals surface area contributed by atoms with Crippen LogP contribution in [0, 0.1) is 5.82 Å². The maximum absolute atomic E-state index is 14.2. The molecule has 3 aromatic rings. The Morgan fingerprint density at radius 2 is 1.90 bits per heavy atom. The van der Waals surface area contributed by atoms with Gasteiger partial charge in [0.05, 0.1) is 17.4 Å². The van der Waals surface area contributed by atoms with Crippen molar-refractivity contribution in [3.63, 3.8) is 0 Å². The van der Waals surface area contributed by atoms with E-state index in [1.54, 1.807) is 12.3 Å². The van der Waals surface area contributed by atoms with Gasteiger partial charge in [-0.2, -0.15) is 0 Å². The van der Waals surface area contributed by atoms with Crippen LogP contribution in [-0.2, 0) is 5.41 Å². The van der Waals surface area contributed by atoms with Crippen molar-refractivity contribution in [1.82, 2.24) is 19.6 Å². The summed E-state index contributed by atoms with van der Waals surface area (Å²) in [5, 5.41) is 4.05. The van der Waals surface area contributed by atoms with E-state index in [9.17, 15) is 4.39 Å². The monoisotopic (exact) mass is 285 g/mol. The zero-order valence-corrected chi connectivity index (χ0v) is 12.1. The Bertz CT molecular complexity index is 799. The number of nitrogen functional groups attached to an aromatic ring is 1. The van der Waals surface area contributed by atoms with Gasteiger partial charge in [0.1, 0.15) is 5.69 Å². The third kappa shape index (κ3) is 2.33. The van der Waals surface area contributed by atoms with E-state index in [1.807, 2.05) is 6.07 Å². The van der Waals surface area contributed by atoms with Crippen LogP contribution in [0.4, 0.5) is 10.3 Å². The Labute approximate surface area is 121 Å². The lowest BCUT2D eigenvalue weighted by atomic mass is 9.88. The molecule has 0 fully saturated rings. The SMILES string of the molecule is CC(C)(C)c1ccc(-c2c(F)cc3cnc(N)nn23)nc1. The summed E-state index contributed by atoms with van der Waals surface area (Å²) in [6, 6.07) is 5.11. The van der Waals surface area contributed by atoms with Crippen molar-refractivity contribution in [2.75, 3.05) is 5.73 Å². The second-order valence-corrected chi connectivity index (χ2v) is 5.98. The topological polar surface area (TPSA) is 69.1 Å². The number of halogens is 1. The summed E-state index contributed by atoms with van der Waals surface area (Å²) in [7, 11) is 0. The smallest absolute Gasteiger partial charge is 0.238 e. The van der Waals surface area contributed by atoms with Crippen molar-refractivity contribution in [3.05, 3.63) is 42.0 Å². The largest absolute Gasteiger partial charge is 0.367 e. The molecule has 108 valence electrons. The molecule has 0 amide bonds. The molecule has 3 rings (SSSR count). The predicted octanol–water partition coefficient (Wildman–Crippen LogP) is 2.81. The van der Waals surface area contributed by atoms with Crippen molar-refractivity contribution in [2.45, 2.75) is 26.2 Å². The van der Waals surface area contributed by atoms with Gasteiger partial charge in [0.25, 0.3) is 0 Å². The van der Waals surface area contributed by atoms with Crippen molar-refractivity contribution in [2.24, 2.45) is 0 Å². The van der Waals surface area contributed by atoms with Gasteiger partial charge in [-0.25, -0.2) is 13.9 Å². The molecule has 0 bridgehead atoms. The number of anilines is 1. The average Bonchev–Trinajstić information content (AvgIpc) is 2.73. The molecule has 0 radical (unpaired) electrons. The summed E-state index contributed by atoms with van der Waals surface area (Å²) in [6.45, 7) is 6.31. The minimum Gasteiger partial charge on any atom is -0.367 e. The van der Waals surface area contributed by atoms with Gasteiger partial charge in [-0.1, -0.05) is 26.8 Å². The summed E-state index contributed by atoms with van der Waals surface area (Å²) in [4.78, 5) is 8.23. The molecule has 6 heteroatoms. The van der Waals surface area contributed by atoms with Gasteiger partial charge in [0.2, 0.25) is 5.95 Å². The van der Waals surface area contributed by atoms with E-state index < -0.39 is 5.82 Å². The predicted molar refractivity (Wildman–Crippen MR) is 79.3 cm³/mol. The summed E-state index contributed by atoms with van der Waals surface area (Å²) < 4.78 is 15.6. The minimum absolute atomic E-state index is 0.00208. The van der Waals surface area contributed by atoms with E-state index >= 15 is 0 Å². The first-order chi connectivity index (χ1) is 9.86. The molecule has 21 heavy (non-hydrogen) atoms. The summed E-state index contributed by atoms with van der Waals surface area (Å²) >= 11 is 0. The first kappa shape index (κ1) is 13.5. The van der Waals surface area contributed by atoms with Gasteiger partial charge in [-0.15, -0.1) is 5.10 Å². The average molecular weight is 285 g/mol. The molecule has 0 atom stereocenters. The number of aromatic nitrogens is 4. The lowest BCUT2D eigenvalue weighted by Gasteiger charge is -2.18. The normalized spacial score (nSPS) is 12.0. The van der Waals surface area contributed by atoms with E-state index in [-0.39, 0.29) is 11.4 Å². The Balaban J connectivity index is 2.16. The number of hydrogen-bond acceptors (Lipinski definition) is 4. The fourth-order valence-electron chi connectivity index (χ4n) is 2.16. The van der Waals surface area contributed by atoms with E-state index in [0.717, 1.165) is 5.56 Å². The van der Waals surface area contributed by atoms with Gasteiger partial charge >= 0.3 is 0 Å². The fraction of sp³-hybridized carbons (Fsp3) is 0.267. The molecular formula is C15H16FN5. The summed E-state index contributed by atoms with van der Waals surface area (Å²) in [5.41, 5.74) is 8.00. The van der Waals surface area contributed by atoms with E-state index in [4.69, 9.17) is 5.73 Å². The molecule has 2 N–H and O–H groups in total. The lowest BCUT2D eigenvalue weighted by molar-refractivity contribution is 0.587. The van der Waals surface area contributed by atoms with Crippen LogP contribution in [0.3, 0.4) is 0 Å². The first-order valence-electron chi connectivity index (χ1n) is 6.63. The van der Waals surface area contributed by atoms with Crippen molar-refractivity contribution in [1.29, 1.82) is 0 Å². The molecule has 0 saturated carbocycles. The maximum Gasteiger partial charge on any atom is 0.238 e. The van der Waals surface area contributed by atoms with Crippen molar-refractivity contribution >= 4 is 11.5 Å². The Morgan fingerprint density at radius 1 is 1.14 bits per heavy atom. The molecule has 0 spiro atoms. The molecule has 3 heterocycles. The number of nitrogens with zero attached hydrogens (tertiary/aromatic N) is 4. The van der Waals surface area contributed by atoms with Crippen LogP contribution in [0.2, 0.25) is 0 Å². The van der Waals surface area contributed by atoms with Crippen LogP contribution in [-0.4, -0.2) is 19.6 Å².